The summed E-state index contributed by atoms with van der Waals surface area (Å²) in [6.45, 7) is 3.61. The lowest BCUT2D eigenvalue weighted by Crippen LogP contribution is -2.47. The number of rotatable bonds is 1. The molecule has 0 aromatic heterocycles. The van der Waals surface area contributed by atoms with Crippen molar-refractivity contribution in [2.24, 2.45) is 0 Å². The van der Waals surface area contributed by atoms with Gasteiger partial charge in [-0.05, 0) is 6.92 Å². The van der Waals surface area contributed by atoms with Crippen LogP contribution in [0.1, 0.15) is 6.92 Å². The second-order valence-corrected chi connectivity index (χ2v) is 4.35. The fourth-order valence-electron chi connectivity index (χ4n) is 1.07. The van der Waals surface area contributed by atoms with E-state index in [1.165, 1.54) is 7.11 Å². The predicted octanol–water partition coefficient (Wildman–Crippen LogP) is 0.254. The third kappa shape index (κ3) is 1.87. The SMILES string of the molecule is COC(=O)C1(C)CNCCS1. The molecule has 0 saturated carbocycles. The first-order valence-corrected chi connectivity index (χ1v) is 4.61. The van der Waals surface area contributed by atoms with E-state index in [1.54, 1.807) is 11.8 Å². The number of carbonyl (C=O) groups excluding carboxylic acids is 1. The highest BCUT2D eigenvalue weighted by Gasteiger charge is 2.36. The van der Waals surface area contributed by atoms with Gasteiger partial charge in [0.1, 0.15) is 4.75 Å². The predicted molar refractivity (Wildman–Crippen MR) is 45.7 cm³/mol. The van der Waals surface area contributed by atoms with Crippen LogP contribution in [0, 0.1) is 0 Å². The first kappa shape index (κ1) is 8.87. The van der Waals surface area contributed by atoms with Crippen molar-refractivity contribution in [2.45, 2.75) is 11.7 Å². The minimum Gasteiger partial charge on any atom is -0.468 e. The maximum absolute atomic E-state index is 11.2. The van der Waals surface area contributed by atoms with Gasteiger partial charge in [-0.25, -0.2) is 0 Å². The maximum atomic E-state index is 11.2. The molecule has 1 atom stereocenters. The van der Waals surface area contributed by atoms with Crippen LogP contribution in [0.5, 0.6) is 0 Å². The summed E-state index contributed by atoms with van der Waals surface area (Å²) in [6, 6.07) is 0. The highest BCUT2D eigenvalue weighted by Crippen LogP contribution is 2.27. The molecule has 1 unspecified atom stereocenters. The van der Waals surface area contributed by atoms with Crippen LogP contribution in [0.15, 0.2) is 0 Å². The van der Waals surface area contributed by atoms with E-state index in [2.05, 4.69) is 5.32 Å². The van der Waals surface area contributed by atoms with Crippen LogP contribution in [0.25, 0.3) is 0 Å². The molecule has 1 aliphatic rings. The van der Waals surface area contributed by atoms with Crippen LogP contribution in [-0.2, 0) is 9.53 Å². The zero-order valence-corrected chi connectivity index (χ0v) is 7.66. The van der Waals surface area contributed by atoms with Gasteiger partial charge in [0, 0.05) is 18.8 Å². The van der Waals surface area contributed by atoms with Crippen LogP contribution in [0.3, 0.4) is 0 Å². The zero-order chi connectivity index (χ0) is 8.32. The molecule has 3 nitrogen and oxygen atoms in total. The van der Waals surface area contributed by atoms with Gasteiger partial charge in [0.15, 0.2) is 0 Å². The van der Waals surface area contributed by atoms with Crippen molar-refractivity contribution in [1.29, 1.82) is 0 Å². The van der Waals surface area contributed by atoms with E-state index in [-0.39, 0.29) is 10.7 Å². The van der Waals surface area contributed by atoms with Crippen molar-refractivity contribution in [3.63, 3.8) is 0 Å². The minimum atomic E-state index is -0.368. The molecule has 1 saturated heterocycles. The largest absolute Gasteiger partial charge is 0.468 e. The van der Waals surface area contributed by atoms with Gasteiger partial charge in [0.2, 0.25) is 0 Å². The fraction of sp³-hybridized carbons (Fsp3) is 0.857. The van der Waals surface area contributed by atoms with Gasteiger partial charge in [-0.15, -0.1) is 11.8 Å². The summed E-state index contributed by atoms with van der Waals surface area (Å²) in [5, 5.41) is 3.17. The Labute approximate surface area is 70.9 Å². The first-order valence-electron chi connectivity index (χ1n) is 3.62. The molecule has 1 heterocycles. The molecule has 0 radical (unpaired) electrons. The van der Waals surface area contributed by atoms with Gasteiger partial charge in [0.05, 0.1) is 7.11 Å². The van der Waals surface area contributed by atoms with Crippen molar-refractivity contribution < 1.29 is 9.53 Å². The molecule has 4 heteroatoms. The van der Waals surface area contributed by atoms with Crippen LogP contribution in [-0.4, -0.2) is 36.7 Å². The van der Waals surface area contributed by atoms with Gasteiger partial charge in [-0.1, -0.05) is 0 Å². The Kier molecular flexibility index (Phi) is 2.78. The van der Waals surface area contributed by atoms with E-state index >= 15 is 0 Å². The molecule has 1 N–H and O–H groups in total. The molecule has 0 aromatic rings. The standard InChI is InChI=1S/C7H13NO2S/c1-7(6(9)10-2)5-8-3-4-11-7/h8H,3-5H2,1-2H3. The minimum absolute atomic E-state index is 0.130. The monoisotopic (exact) mass is 175 g/mol. The first-order chi connectivity index (χ1) is 5.19. The van der Waals surface area contributed by atoms with Gasteiger partial charge in [0.25, 0.3) is 0 Å². The van der Waals surface area contributed by atoms with Crippen molar-refractivity contribution >= 4 is 17.7 Å². The highest BCUT2D eigenvalue weighted by molar-refractivity contribution is 8.01. The number of hydrogen-bond acceptors (Lipinski definition) is 4. The van der Waals surface area contributed by atoms with E-state index in [0.717, 1.165) is 12.3 Å². The summed E-state index contributed by atoms with van der Waals surface area (Å²) in [6.07, 6.45) is 0. The normalized spacial score (nSPS) is 31.5. The summed E-state index contributed by atoms with van der Waals surface area (Å²) < 4.78 is 4.32. The molecule has 1 aliphatic heterocycles. The number of nitrogens with one attached hydrogen (secondary N) is 1. The Morgan fingerprint density at radius 2 is 2.45 bits per heavy atom. The summed E-state index contributed by atoms with van der Waals surface area (Å²) in [7, 11) is 1.43. The second kappa shape index (κ2) is 3.45. The summed E-state index contributed by atoms with van der Waals surface area (Å²) in [4.78, 5) is 11.2. The Balaban J connectivity index is 2.56. The average molecular weight is 175 g/mol. The topological polar surface area (TPSA) is 38.3 Å². The van der Waals surface area contributed by atoms with E-state index in [1.807, 2.05) is 6.92 Å². The van der Waals surface area contributed by atoms with Crippen molar-refractivity contribution in [3.05, 3.63) is 0 Å². The van der Waals surface area contributed by atoms with E-state index in [0.29, 0.717) is 6.54 Å². The fourth-order valence-corrected chi connectivity index (χ4v) is 2.18. The van der Waals surface area contributed by atoms with Gasteiger partial charge in [-0.2, -0.15) is 0 Å². The maximum Gasteiger partial charge on any atom is 0.322 e. The second-order valence-electron chi connectivity index (χ2n) is 2.75. The van der Waals surface area contributed by atoms with Crippen LogP contribution in [0.2, 0.25) is 0 Å². The lowest BCUT2D eigenvalue weighted by Gasteiger charge is -2.30. The summed E-state index contributed by atoms with van der Waals surface area (Å²) in [5.74, 6) is 0.848. The molecule has 0 bridgehead atoms. The average Bonchev–Trinajstić information content (AvgIpc) is 2.04. The number of thioether (sulfide) groups is 1. The van der Waals surface area contributed by atoms with E-state index in [9.17, 15) is 4.79 Å². The number of carbonyl (C=O) groups is 1. The van der Waals surface area contributed by atoms with E-state index in [4.69, 9.17) is 4.74 Å². The molecule has 64 valence electrons. The number of methoxy groups -OCH3 is 1. The molecule has 1 fully saturated rings. The van der Waals surface area contributed by atoms with E-state index < -0.39 is 0 Å². The molecule has 11 heavy (non-hydrogen) atoms. The Morgan fingerprint density at radius 3 is 2.91 bits per heavy atom. The molecule has 0 spiro atoms. The lowest BCUT2D eigenvalue weighted by atomic mass is 10.1. The quantitative estimate of drug-likeness (QED) is 0.580. The third-order valence-electron chi connectivity index (χ3n) is 1.78. The molecule has 0 aromatic carbocycles. The molecular weight excluding hydrogens is 162 g/mol. The van der Waals surface area contributed by atoms with Crippen LogP contribution >= 0.6 is 11.8 Å². The Morgan fingerprint density at radius 1 is 1.73 bits per heavy atom. The van der Waals surface area contributed by atoms with Crippen molar-refractivity contribution in [3.8, 4) is 0 Å². The summed E-state index contributed by atoms with van der Waals surface area (Å²) >= 11 is 1.66. The molecular formula is C7H13NO2S. The summed E-state index contributed by atoms with van der Waals surface area (Å²) in [5.41, 5.74) is 0. The van der Waals surface area contributed by atoms with Crippen LogP contribution in [0.4, 0.5) is 0 Å². The zero-order valence-electron chi connectivity index (χ0n) is 6.85. The van der Waals surface area contributed by atoms with Crippen LogP contribution < -0.4 is 5.32 Å². The highest BCUT2D eigenvalue weighted by atomic mass is 32.2. The Bertz CT molecular complexity index is 155. The molecule has 0 amide bonds. The van der Waals surface area contributed by atoms with Crippen molar-refractivity contribution in [1.82, 2.24) is 5.32 Å². The number of esters is 1. The van der Waals surface area contributed by atoms with Gasteiger partial charge >= 0.3 is 5.97 Å². The molecule has 1 rings (SSSR count). The van der Waals surface area contributed by atoms with Crippen molar-refractivity contribution in [2.75, 3.05) is 26.0 Å². The molecule has 0 aliphatic carbocycles. The van der Waals surface area contributed by atoms with Gasteiger partial charge < -0.3 is 10.1 Å². The Hall–Kier alpha value is -0.220. The van der Waals surface area contributed by atoms with Gasteiger partial charge in [-0.3, -0.25) is 4.79 Å². The third-order valence-corrected chi connectivity index (χ3v) is 3.14. The number of ether oxygens (including phenoxy) is 1. The number of hydrogen-bond donors (Lipinski definition) is 1. The lowest BCUT2D eigenvalue weighted by molar-refractivity contribution is -0.143. The smallest absolute Gasteiger partial charge is 0.322 e.